The Labute approximate surface area is 191 Å². The SMILES string of the molecule is O=C(Nc1cccnn1)N1CCC(=Cc2cccc(OCc3cc4ccccc4o3)c2)CC1. The number of urea groups is 1. The molecule has 0 aliphatic carbocycles. The Kier molecular flexibility index (Phi) is 6.01. The average molecular weight is 441 g/mol. The van der Waals surface area contributed by atoms with Gasteiger partial charge in [-0.05, 0) is 54.8 Å². The van der Waals surface area contributed by atoms with Crippen LogP contribution in [0.4, 0.5) is 10.6 Å². The number of fused-ring (bicyclic) bond motifs is 1. The van der Waals surface area contributed by atoms with Crippen LogP contribution >= 0.6 is 0 Å². The molecule has 0 atom stereocenters. The first-order valence-electron chi connectivity index (χ1n) is 11.0. The van der Waals surface area contributed by atoms with E-state index in [0.29, 0.717) is 25.5 Å². The topological polar surface area (TPSA) is 80.5 Å². The first-order valence-corrected chi connectivity index (χ1v) is 11.0. The van der Waals surface area contributed by atoms with Gasteiger partial charge >= 0.3 is 6.03 Å². The number of piperidine rings is 1. The van der Waals surface area contributed by atoms with Crippen molar-refractivity contribution in [2.24, 2.45) is 0 Å². The molecule has 166 valence electrons. The summed E-state index contributed by atoms with van der Waals surface area (Å²) < 4.78 is 11.8. The van der Waals surface area contributed by atoms with E-state index in [1.54, 1.807) is 23.2 Å². The van der Waals surface area contributed by atoms with Crippen molar-refractivity contribution < 1.29 is 13.9 Å². The lowest BCUT2D eigenvalue weighted by atomic mass is 10.0. The van der Waals surface area contributed by atoms with Crippen LogP contribution in [0.25, 0.3) is 17.0 Å². The van der Waals surface area contributed by atoms with Gasteiger partial charge in [0.05, 0.1) is 0 Å². The molecule has 3 heterocycles. The molecule has 0 spiro atoms. The maximum atomic E-state index is 12.4. The van der Waals surface area contributed by atoms with Crippen molar-refractivity contribution >= 4 is 28.9 Å². The second kappa shape index (κ2) is 9.56. The molecule has 33 heavy (non-hydrogen) atoms. The largest absolute Gasteiger partial charge is 0.486 e. The third-order valence-electron chi connectivity index (χ3n) is 5.59. The summed E-state index contributed by atoms with van der Waals surface area (Å²) >= 11 is 0. The maximum Gasteiger partial charge on any atom is 0.323 e. The minimum atomic E-state index is -0.143. The zero-order chi connectivity index (χ0) is 22.5. The van der Waals surface area contributed by atoms with Crippen LogP contribution in [0.1, 0.15) is 24.2 Å². The Balaban J connectivity index is 1.16. The maximum absolute atomic E-state index is 12.4. The summed E-state index contributed by atoms with van der Waals surface area (Å²) in [5, 5.41) is 11.5. The summed E-state index contributed by atoms with van der Waals surface area (Å²) in [6.45, 7) is 1.71. The number of aromatic nitrogens is 2. The molecule has 1 N–H and O–H groups in total. The molecule has 0 unspecified atom stereocenters. The summed E-state index contributed by atoms with van der Waals surface area (Å²) in [7, 11) is 0. The van der Waals surface area contributed by atoms with Crippen LogP contribution in [0, 0.1) is 0 Å². The van der Waals surface area contributed by atoms with Crippen LogP contribution in [0.3, 0.4) is 0 Å². The number of ether oxygens (including phenoxy) is 1. The lowest BCUT2D eigenvalue weighted by Gasteiger charge is -2.28. The average Bonchev–Trinajstić information content (AvgIpc) is 3.27. The Hall–Kier alpha value is -4.13. The lowest BCUT2D eigenvalue weighted by Crippen LogP contribution is -2.39. The summed E-state index contributed by atoms with van der Waals surface area (Å²) in [5.74, 6) is 2.06. The predicted molar refractivity (Wildman–Crippen MR) is 127 cm³/mol. The van der Waals surface area contributed by atoms with E-state index in [9.17, 15) is 4.79 Å². The van der Waals surface area contributed by atoms with Crippen molar-refractivity contribution in [2.45, 2.75) is 19.4 Å². The second-order valence-electron chi connectivity index (χ2n) is 7.94. The molecule has 2 aromatic heterocycles. The van der Waals surface area contributed by atoms with Gasteiger partial charge in [0.15, 0.2) is 5.82 Å². The normalized spacial score (nSPS) is 13.7. The summed E-state index contributed by atoms with van der Waals surface area (Å²) in [6, 6.07) is 21.3. The molecule has 0 saturated carbocycles. The Morgan fingerprint density at radius 1 is 1.06 bits per heavy atom. The second-order valence-corrected chi connectivity index (χ2v) is 7.94. The van der Waals surface area contributed by atoms with E-state index in [-0.39, 0.29) is 6.03 Å². The molecular formula is C26H24N4O3. The van der Waals surface area contributed by atoms with Gasteiger partial charge in [-0.2, -0.15) is 5.10 Å². The van der Waals surface area contributed by atoms with Crippen molar-refractivity contribution in [3.8, 4) is 5.75 Å². The number of likely N-dealkylation sites (tertiary alicyclic amines) is 1. The smallest absolute Gasteiger partial charge is 0.323 e. The fourth-order valence-electron chi connectivity index (χ4n) is 3.89. The number of furan rings is 1. The molecule has 7 heteroatoms. The molecule has 0 bridgehead atoms. The van der Waals surface area contributed by atoms with Crippen molar-refractivity contribution in [1.82, 2.24) is 15.1 Å². The molecule has 2 amide bonds. The standard InChI is InChI=1S/C26H24N4O3/c31-26(28-25-9-4-12-27-29-25)30-13-10-19(11-14-30)15-20-5-3-7-22(16-20)32-18-23-17-21-6-1-2-8-24(21)33-23/h1-9,12,15-17H,10-11,13-14,18H2,(H,28,29,31). The highest BCUT2D eigenvalue weighted by Gasteiger charge is 2.19. The highest BCUT2D eigenvalue weighted by Crippen LogP contribution is 2.24. The zero-order valence-electron chi connectivity index (χ0n) is 18.1. The lowest BCUT2D eigenvalue weighted by molar-refractivity contribution is 0.207. The molecule has 1 saturated heterocycles. The number of carbonyl (C=O) groups is 1. The molecule has 1 aliphatic heterocycles. The van der Waals surface area contributed by atoms with Gasteiger partial charge in [0, 0.05) is 24.7 Å². The van der Waals surface area contributed by atoms with Crippen LogP contribution in [-0.2, 0) is 6.61 Å². The highest BCUT2D eigenvalue weighted by molar-refractivity contribution is 5.88. The van der Waals surface area contributed by atoms with Gasteiger partial charge in [-0.15, -0.1) is 5.10 Å². The molecule has 4 aromatic rings. The molecule has 1 fully saturated rings. The van der Waals surface area contributed by atoms with Crippen molar-refractivity contribution in [2.75, 3.05) is 18.4 Å². The van der Waals surface area contributed by atoms with Crippen molar-refractivity contribution in [1.29, 1.82) is 0 Å². The third-order valence-corrected chi connectivity index (χ3v) is 5.59. The molecule has 7 nitrogen and oxygen atoms in total. The molecular weight excluding hydrogens is 416 g/mol. The highest BCUT2D eigenvalue weighted by atomic mass is 16.5. The monoisotopic (exact) mass is 440 g/mol. The number of nitrogens with zero attached hydrogens (tertiary/aromatic N) is 3. The first kappa shape index (κ1) is 20.8. The Bertz CT molecular complexity index is 1240. The van der Waals surface area contributed by atoms with E-state index >= 15 is 0 Å². The predicted octanol–water partition coefficient (Wildman–Crippen LogP) is 5.51. The van der Waals surface area contributed by atoms with Gasteiger partial charge in [-0.25, -0.2) is 4.79 Å². The number of nitrogens with one attached hydrogen (secondary N) is 1. The van der Waals surface area contributed by atoms with Crippen LogP contribution in [0.2, 0.25) is 0 Å². The molecule has 5 rings (SSSR count). The van der Waals surface area contributed by atoms with Crippen LogP contribution < -0.4 is 10.1 Å². The number of hydrogen-bond acceptors (Lipinski definition) is 5. The number of anilines is 1. The number of benzene rings is 2. The fraction of sp³-hybridized carbons (Fsp3) is 0.192. The van der Waals surface area contributed by atoms with Gasteiger partial charge in [0.2, 0.25) is 0 Å². The van der Waals surface area contributed by atoms with Gasteiger partial charge in [0.25, 0.3) is 0 Å². The van der Waals surface area contributed by atoms with E-state index in [0.717, 1.165) is 40.9 Å². The number of carbonyl (C=O) groups excluding carboxylic acids is 1. The fourth-order valence-corrected chi connectivity index (χ4v) is 3.89. The molecule has 2 aromatic carbocycles. The van der Waals surface area contributed by atoms with Gasteiger partial charge in [-0.1, -0.05) is 42.0 Å². The molecule has 1 aliphatic rings. The van der Waals surface area contributed by atoms with E-state index in [2.05, 4.69) is 27.7 Å². The Morgan fingerprint density at radius 3 is 2.76 bits per heavy atom. The van der Waals surface area contributed by atoms with Crippen LogP contribution in [0.15, 0.2) is 82.9 Å². The minimum Gasteiger partial charge on any atom is -0.486 e. The van der Waals surface area contributed by atoms with Gasteiger partial charge in [0.1, 0.15) is 23.7 Å². The summed E-state index contributed by atoms with van der Waals surface area (Å²) in [4.78, 5) is 14.2. The number of hydrogen-bond donors (Lipinski definition) is 1. The minimum absolute atomic E-state index is 0.143. The first-order chi connectivity index (χ1) is 16.2. The summed E-state index contributed by atoms with van der Waals surface area (Å²) in [6.07, 6.45) is 5.43. The number of para-hydroxylation sites is 1. The van der Waals surface area contributed by atoms with E-state index in [1.807, 2.05) is 48.5 Å². The van der Waals surface area contributed by atoms with Gasteiger partial charge < -0.3 is 14.1 Å². The summed E-state index contributed by atoms with van der Waals surface area (Å²) in [5.41, 5.74) is 3.27. The zero-order valence-corrected chi connectivity index (χ0v) is 18.1. The van der Waals surface area contributed by atoms with Crippen molar-refractivity contribution in [3.05, 3.63) is 89.8 Å². The van der Waals surface area contributed by atoms with Crippen LogP contribution in [-0.4, -0.2) is 34.2 Å². The number of rotatable bonds is 5. The van der Waals surface area contributed by atoms with E-state index in [4.69, 9.17) is 9.15 Å². The number of amides is 2. The quantitative estimate of drug-likeness (QED) is 0.442. The molecule has 0 radical (unpaired) electrons. The van der Waals surface area contributed by atoms with E-state index < -0.39 is 0 Å². The van der Waals surface area contributed by atoms with Gasteiger partial charge in [-0.3, -0.25) is 5.32 Å². The van der Waals surface area contributed by atoms with E-state index in [1.165, 1.54) is 5.57 Å². The van der Waals surface area contributed by atoms with Crippen molar-refractivity contribution in [3.63, 3.8) is 0 Å². The van der Waals surface area contributed by atoms with Crippen LogP contribution in [0.5, 0.6) is 5.75 Å². The third kappa shape index (κ3) is 5.20. The Morgan fingerprint density at radius 2 is 1.94 bits per heavy atom.